The third-order valence-electron chi connectivity index (χ3n) is 6.47. The van der Waals surface area contributed by atoms with Gasteiger partial charge in [0.15, 0.2) is 0 Å². The predicted molar refractivity (Wildman–Crippen MR) is 114 cm³/mol. The van der Waals surface area contributed by atoms with Gasteiger partial charge in [-0.2, -0.15) is 0 Å². The van der Waals surface area contributed by atoms with Crippen LogP contribution in [0.25, 0.3) is 11.1 Å². The molecule has 1 saturated carbocycles. The Hall–Kier alpha value is -3.14. The minimum atomic E-state index is -0.0889. The molecule has 4 heteroatoms. The molecule has 1 aromatic heterocycles. The van der Waals surface area contributed by atoms with Gasteiger partial charge in [0, 0.05) is 18.9 Å². The number of hydrogen-bond donors (Lipinski definition) is 2. The third-order valence-corrected chi connectivity index (χ3v) is 6.47. The fourth-order valence-corrected chi connectivity index (χ4v) is 4.81. The molecule has 2 aliphatic carbocycles. The van der Waals surface area contributed by atoms with Crippen LogP contribution in [-0.4, -0.2) is 17.6 Å². The van der Waals surface area contributed by atoms with E-state index < -0.39 is 0 Å². The molecule has 0 radical (unpaired) electrons. The number of amides is 2. The number of nitrogens with zero attached hydrogens (tertiary/aromatic N) is 1. The Balaban J connectivity index is 1.13. The summed E-state index contributed by atoms with van der Waals surface area (Å²) in [6.07, 6.45) is 4.75. The zero-order valence-electron chi connectivity index (χ0n) is 16.5. The molecule has 2 N–H and O–H groups in total. The highest BCUT2D eigenvalue weighted by molar-refractivity contribution is 5.74. The van der Waals surface area contributed by atoms with Crippen molar-refractivity contribution in [2.24, 2.45) is 11.8 Å². The van der Waals surface area contributed by atoms with Gasteiger partial charge in [0.05, 0.1) is 6.04 Å². The van der Waals surface area contributed by atoms with E-state index in [1.165, 1.54) is 11.1 Å². The number of benzene rings is 2. The molecule has 4 unspecified atom stereocenters. The Labute approximate surface area is 171 Å². The highest BCUT2D eigenvalue weighted by Gasteiger charge is 2.54. The van der Waals surface area contributed by atoms with Crippen LogP contribution in [0.5, 0.6) is 0 Å². The lowest BCUT2D eigenvalue weighted by molar-refractivity contribution is 0.237. The van der Waals surface area contributed by atoms with Crippen LogP contribution in [-0.2, 0) is 6.42 Å². The Kier molecular flexibility index (Phi) is 4.55. The molecule has 2 amide bonds. The van der Waals surface area contributed by atoms with Gasteiger partial charge in [-0.05, 0) is 71.0 Å². The van der Waals surface area contributed by atoms with Crippen molar-refractivity contribution in [1.82, 2.24) is 15.6 Å². The second-order valence-corrected chi connectivity index (χ2v) is 8.19. The van der Waals surface area contributed by atoms with E-state index in [4.69, 9.17) is 0 Å². The minimum Gasteiger partial charge on any atom is -0.338 e. The summed E-state index contributed by atoms with van der Waals surface area (Å²) in [5.41, 5.74) is 6.37. The molecule has 29 heavy (non-hydrogen) atoms. The van der Waals surface area contributed by atoms with Crippen LogP contribution >= 0.6 is 0 Å². The average molecular weight is 383 g/mol. The molecule has 2 aromatic carbocycles. The number of fused-ring (bicyclic) bond motifs is 3. The first-order valence-corrected chi connectivity index (χ1v) is 10.3. The first-order chi connectivity index (χ1) is 14.2. The average Bonchev–Trinajstić information content (AvgIpc) is 3.30. The quantitative estimate of drug-likeness (QED) is 0.671. The molecule has 0 aliphatic heterocycles. The number of pyridine rings is 1. The molecular formula is C25H25N3O. The molecule has 1 fully saturated rings. The standard InChI is InChI=1S/C25H25N3O/c1-16(17-6-8-18(9-7-17)19-10-12-26-13-11-19)28-25(29)27-15-23-22-14-20-4-2-3-5-21(20)24(22)23/h2-13,16,22-24H,14-15H2,1H3,(H2,27,28,29). The van der Waals surface area contributed by atoms with Gasteiger partial charge in [-0.25, -0.2) is 4.79 Å². The Bertz CT molecular complexity index is 1020. The molecule has 3 aromatic rings. The van der Waals surface area contributed by atoms with Crippen molar-refractivity contribution in [2.45, 2.75) is 25.3 Å². The first kappa shape index (κ1) is 17.9. The molecule has 4 nitrogen and oxygen atoms in total. The maximum Gasteiger partial charge on any atom is 0.315 e. The number of urea groups is 1. The van der Waals surface area contributed by atoms with Crippen molar-refractivity contribution in [3.8, 4) is 11.1 Å². The van der Waals surface area contributed by atoms with Crippen LogP contribution < -0.4 is 10.6 Å². The second kappa shape index (κ2) is 7.36. The topological polar surface area (TPSA) is 54.0 Å². The molecular weight excluding hydrogens is 358 g/mol. The summed E-state index contributed by atoms with van der Waals surface area (Å²) in [5, 5.41) is 6.15. The lowest BCUT2D eigenvalue weighted by atomic mass is 10.0. The summed E-state index contributed by atoms with van der Waals surface area (Å²) in [6, 6.07) is 20.9. The van der Waals surface area contributed by atoms with E-state index in [0.717, 1.165) is 29.7 Å². The maximum atomic E-state index is 12.4. The van der Waals surface area contributed by atoms with E-state index >= 15 is 0 Å². The zero-order valence-corrected chi connectivity index (χ0v) is 16.5. The highest BCUT2D eigenvalue weighted by atomic mass is 16.2. The van der Waals surface area contributed by atoms with Crippen LogP contribution in [0, 0.1) is 11.8 Å². The van der Waals surface area contributed by atoms with Gasteiger partial charge < -0.3 is 10.6 Å². The van der Waals surface area contributed by atoms with Gasteiger partial charge in [-0.15, -0.1) is 0 Å². The number of nitrogens with one attached hydrogen (secondary N) is 2. The molecule has 146 valence electrons. The van der Waals surface area contributed by atoms with Crippen molar-refractivity contribution in [3.63, 3.8) is 0 Å². The molecule has 2 aliphatic rings. The Morgan fingerprint density at radius 2 is 1.76 bits per heavy atom. The Morgan fingerprint density at radius 1 is 1.03 bits per heavy atom. The van der Waals surface area contributed by atoms with E-state index in [-0.39, 0.29) is 12.1 Å². The van der Waals surface area contributed by atoms with E-state index in [0.29, 0.717) is 17.8 Å². The number of carbonyl (C=O) groups excluding carboxylic acids is 1. The molecule has 5 rings (SSSR count). The molecule has 0 saturated heterocycles. The van der Waals surface area contributed by atoms with Crippen LogP contribution in [0.3, 0.4) is 0 Å². The monoisotopic (exact) mass is 383 g/mol. The summed E-state index contributed by atoms with van der Waals surface area (Å²) < 4.78 is 0. The molecule has 4 atom stereocenters. The number of aromatic nitrogens is 1. The highest BCUT2D eigenvalue weighted by Crippen LogP contribution is 2.60. The van der Waals surface area contributed by atoms with Gasteiger partial charge >= 0.3 is 6.03 Å². The number of carbonyl (C=O) groups is 1. The van der Waals surface area contributed by atoms with E-state index in [1.807, 2.05) is 19.1 Å². The predicted octanol–water partition coefficient (Wildman–Crippen LogP) is 4.69. The molecule has 1 heterocycles. The maximum absolute atomic E-state index is 12.4. The van der Waals surface area contributed by atoms with Gasteiger partial charge in [-0.1, -0.05) is 48.5 Å². The molecule has 0 bridgehead atoms. The second-order valence-electron chi connectivity index (χ2n) is 8.19. The fraction of sp³-hybridized carbons (Fsp3) is 0.280. The summed E-state index contributed by atoms with van der Waals surface area (Å²) in [7, 11) is 0. The van der Waals surface area contributed by atoms with Crippen molar-refractivity contribution in [2.75, 3.05) is 6.54 Å². The minimum absolute atomic E-state index is 0.0408. The van der Waals surface area contributed by atoms with Crippen molar-refractivity contribution in [3.05, 3.63) is 89.7 Å². The van der Waals surface area contributed by atoms with Gasteiger partial charge in [-0.3, -0.25) is 4.98 Å². The van der Waals surface area contributed by atoms with E-state index in [9.17, 15) is 4.79 Å². The summed E-state index contributed by atoms with van der Waals surface area (Å²) in [5.74, 6) is 1.95. The first-order valence-electron chi connectivity index (χ1n) is 10.3. The van der Waals surface area contributed by atoms with E-state index in [2.05, 4.69) is 64.1 Å². The zero-order chi connectivity index (χ0) is 19.8. The van der Waals surface area contributed by atoms with Gasteiger partial charge in [0.25, 0.3) is 0 Å². The van der Waals surface area contributed by atoms with Crippen LogP contribution in [0.2, 0.25) is 0 Å². The lowest BCUT2D eigenvalue weighted by Crippen LogP contribution is -2.38. The van der Waals surface area contributed by atoms with Gasteiger partial charge in [0.2, 0.25) is 0 Å². The van der Waals surface area contributed by atoms with E-state index in [1.54, 1.807) is 12.4 Å². The summed E-state index contributed by atoms with van der Waals surface area (Å²) >= 11 is 0. The lowest BCUT2D eigenvalue weighted by Gasteiger charge is -2.16. The fourth-order valence-electron chi connectivity index (χ4n) is 4.81. The summed E-state index contributed by atoms with van der Waals surface area (Å²) in [4.78, 5) is 16.4. The Morgan fingerprint density at radius 3 is 2.55 bits per heavy atom. The molecule has 0 spiro atoms. The smallest absolute Gasteiger partial charge is 0.315 e. The van der Waals surface area contributed by atoms with Crippen molar-refractivity contribution >= 4 is 6.03 Å². The normalized spacial score (nSPS) is 22.3. The van der Waals surface area contributed by atoms with Crippen molar-refractivity contribution < 1.29 is 4.79 Å². The largest absolute Gasteiger partial charge is 0.338 e. The van der Waals surface area contributed by atoms with Crippen molar-refractivity contribution in [1.29, 1.82) is 0 Å². The summed E-state index contributed by atoms with van der Waals surface area (Å²) in [6.45, 7) is 2.77. The SMILES string of the molecule is CC(NC(=O)NCC1C2Cc3ccccc3C12)c1ccc(-c2ccncc2)cc1. The van der Waals surface area contributed by atoms with Crippen LogP contribution in [0.1, 0.15) is 35.6 Å². The van der Waals surface area contributed by atoms with Gasteiger partial charge in [0.1, 0.15) is 0 Å². The van der Waals surface area contributed by atoms with Crippen LogP contribution in [0.15, 0.2) is 73.1 Å². The van der Waals surface area contributed by atoms with Crippen LogP contribution in [0.4, 0.5) is 4.79 Å². The third kappa shape index (κ3) is 3.51. The number of hydrogen-bond acceptors (Lipinski definition) is 2. The number of rotatable bonds is 5.